The molecule has 0 saturated heterocycles. The molecule has 2 unspecified atom stereocenters. The van der Waals surface area contributed by atoms with E-state index in [1.165, 1.54) is 218 Å². The summed E-state index contributed by atoms with van der Waals surface area (Å²) in [5, 5.41) is 23.2. The molecule has 3 N–H and O–H groups in total. The third-order valence-corrected chi connectivity index (χ3v) is 12.9. The first kappa shape index (κ1) is 58.9. The number of ether oxygens (including phenoxy) is 1. The zero-order valence-electron chi connectivity index (χ0n) is 40.7. The van der Waals surface area contributed by atoms with Crippen molar-refractivity contribution < 1.29 is 24.5 Å². The fourth-order valence-corrected chi connectivity index (χ4v) is 8.70. The van der Waals surface area contributed by atoms with Crippen LogP contribution in [0.5, 0.6) is 0 Å². The average molecular weight is 850 g/mol. The van der Waals surface area contributed by atoms with E-state index in [9.17, 15) is 19.8 Å². The Labute approximate surface area is 375 Å². The highest BCUT2D eigenvalue weighted by atomic mass is 16.5. The second kappa shape index (κ2) is 50.5. The van der Waals surface area contributed by atoms with E-state index in [4.69, 9.17) is 4.74 Å². The Morgan fingerprint density at radius 2 is 0.683 bits per heavy atom. The summed E-state index contributed by atoms with van der Waals surface area (Å²) in [6.07, 6.45) is 56.5. The van der Waals surface area contributed by atoms with Gasteiger partial charge in [0.25, 0.3) is 0 Å². The molecule has 0 heterocycles. The molecule has 0 radical (unpaired) electrons. The zero-order chi connectivity index (χ0) is 43.7. The molecule has 0 aliphatic rings. The molecule has 0 fully saturated rings. The monoisotopic (exact) mass is 850 g/mol. The van der Waals surface area contributed by atoms with Crippen LogP contribution in [0.25, 0.3) is 0 Å². The number of aliphatic hydroxyl groups excluding tert-OH is 2. The number of carbonyl (C=O) groups excluding carboxylic acids is 2. The Hall–Kier alpha value is -1.14. The summed E-state index contributed by atoms with van der Waals surface area (Å²) in [6.45, 7) is 4.93. The Morgan fingerprint density at radius 3 is 1.02 bits per heavy atom. The molecule has 2 atom stereocenters. The molecule has 0 rings (SSSR count). The first-order valence-corrected chi connectivity index (χ1v) is 27.3. The molecule has 0 spiro atoms. The third-order valence-electron chi connectivity index (χ3n) is 12.9. The summed E-state index contributed by atoms with van der Waals surface area (Å²) >= 11 is 0. The molecule has 0 aliphatic heterocycles. The summed E-state index contributed by atoms with van der Waals surface area (Å²) in [6, 6.07) is -0.553. The summed E-state index contributed by atoms with van der Waals surface area (Å²) in [5.74, 6) is -0.0599. The van der Waals surface area contributed by atoms with Gasteiger partial charge < -0.3 is 20.3 Å². The van der Waals surface area contributed by atoms with Crippen LogP contribution in [-0.2, 0) is 14.3 Å². The second-order valence-corrected chi connectivity index (χ2v) is 18.9. The third kappa shape index (κ3) is 46.4. The lowest BCUT2D eigenvalue weighted by Gasteiger charge is -2.22. The fraction of sp³-hybridized carbons (Fsp3) is 0.963. The van der Waals surface area contributed by atoms with Crippen LogP contribution in [0.2, 0.25) is 0 Å². The highest BCUT2D eigenvalue weighted by Crippen LogP contribution is 2.17. The number of unbranched alkanes of at least 4 members (excludes halogenated alkanes) is 40. The van der Waals surface area contributed by atoms with Crippen molar-refractivity contribution in [3.05, 3.63) is 0 Å². The molecule has 1 amide bonds. The molecule has 6 heteroatoms. The second-order valence-electron chi connectivity index (χ2n) is 18.9. The van der Waals surface area contributed by atoms with Crippen molar-refractivity contribution in [3.63, 3.8) is 0 Å². The predicted molar refractivity (Wildman–Crippen MR) is 260 cm³/mol. The van der Waals surface area contributed by atoms with E-state index < -0.39 is 12.1 Å². The van der Waals surface area contributed by atoms with Gasteiger partial charge in [0.15, 0.2) is 0 Å². The fourth-order valence-electron chi connectivity index (χ4n) is 8.70. The van der Waals surface area contributed by atoms with Crippen molar-refractivity contribution in [2.45, 2.75) is 321 Å². The van der Waals surface area contributed by atoms with Crippen LogP contribution in [0.3, 0.4) is 0 Å². The maximum atomic E-state index is 12.4. The van der Waals surface area contributed by atoms with Crippen molar-refractivity contribution in [1.82, 2.24) is 5.32 Å². The summed E-state index contributed by atoms with van der Waals surface area (Å²) in [7, 11) is 0. The van der Waals surface area contributed by atoms with Crippen LogP contribution in [-0.4, -0.2) is 47.4 Å². The van der Waals surface area contributed by atoms with E-state index >= 15 is 0 Å². The van der Waals surface area contributed by atoms with Crippen molar-refractivity contribution in [3.8, 4) is 0 Å². The van der Waals surface area contributed by atoms with Crippen LogP contribution < -0.4 is 5.32 Å². The molecule has 0 aromatic rings. The number of hydrogen-bond acceptors (Lipinski definition) is 5. The maximum absolute atomic E-state index is 12.4. The van der Waals surface area contributed by atoms with Crippen LogP contribution in [0.1, 0.15) is 309 Å². The highest BCUT2D eigenvalue weighted by molar-refractivity contribution is 5.76. The molecule has 60 heavy (non-hydrogen) atoms. The number of amides is 1. The van der Waals surface area contributed by atoms with Gasteiger partial charge in [-0.3, -0.25) is 9.59 Å². The lowest BCUT2D eigenvalue weighted by molar-refractivity contribution is -0.143. The Kier molecular flexibility index (Phi) is 49.5. The van der Waals surface area contributed by atoms with Gasteiger partial charge in [-0.15, -0.1) is 0 Å². The number of aliphatic hydroxyl groups is 2. The summed E-state index contributed by atoms with van der Waals surface area (Å²) in [5.41, 5.74) is 0. The smallest absolute Gasteiger partial charge is 0.305 e. The van der Waals surface area contributed by atoms with Crippen LogP contribution in [0.4, 0.5) is 0 Å². The van der Waals surface area contributed by atoms with Gasteiger partial charge in [0.1, 0.15) is 0 Å². The van der Waals surface area contributed by atoms with Crippen molar-refractivity contribution in [2.75, 3.05) is 13.2 Å². The molecular weight excluding hydrogens is 743 g/mol. The van der Waals surface area contributed by atoms with Crippen molar-refractivity contribution in [2.24, 2.45) is 0 Å². The average Bonchev–Trinajstić information content (AvgIpc) is 3.25. The quantitative estimate of drug-likeness (QED) is 0.0418. The minimum absolute atomic E-state index is 0.00819. The predicted octanol–water partition coefficient (Wildman–Crippen LogP) is 16.4. The molecule has 0 aromatic carbocycles. The molecule has 0 aromatic heterocycles. The van der Waals surface area contributed by atoms with E-state index in [1.54, 1.807) is 0 Å². The SMILES string of the molecule is CCCCCCCCCCCCCCCCCCCCCC(=O)OCCCCCCCCCCCCCC(=O)NC(CO)C(O)CCCCCCCCCCCCCCC. The van der Waals surface area contributed by atoms with Gasteiger partial charge >= 0.3 is 5.97 Å². The van der Waals surface area contributed by atoms with Gasteiger partial charge in [-0.1, -0.05) is 271 Å². The lowest BCUT2D eigenvalue weighted by atomic mass is 10.0. The molecular formula is C54H107NO5. The Bertz CT molecular complexity index is 852. The van der Waals surface area contributed by atoms with E-state index in [-0.39, 0.29) is 18.5 Å². The first-order valence-electron chi connectivity index (χ1n) is 27.3. The minimum Gasteiger partial charge on any atom is -0.466 e. The van der Waals surface area contributed by atoms with Gasteiger partial charge in [0.2, 0.25) is 5.91 Å². The lowest BCUT2D eigenvalue weighted by Crippen LogP contribution is -2.45. The van der Waals surface area contributed by atoms with Gasteiger partial charge in [0.05, 0.1) is 25.4 Å². The maximum Gasteiger partial charge on any atom is 0.305 e. The van der Waals surface area contributed by atoms with Crippen molar-refractivity contribution in [1.29, 1.82) is 0 Å². The van der Waals surface area contributed by atoms with E-state index in [0.29, 0.717) is 25.9 Å². The van der Waals surface area contributed by atoms with Gasteiger partial charge in [-0.05, 0) is 25.7 Å². The topological polar surface area (TPSA) is 95.9 Å². The van der Waals surface area contributed by atoms with Gasteiger partial charge in [0, 0.05) is 12.8 Å². The number of rotatable bonds is 51. The first-order chi connectivity index (χ1) is 29.5. The molecule has 0 aliphatic carbocycles. The number of nitrogens with one attached hydrogen (secondary N) is 1. The van der Waals surface area contributed by atoms with Crippen molar-refractivity contribution >= 4 is 11.9 Å². The summed E-state index contributed by atoms with van der Waals surface area (Å²) < 4.78 is 5.48. The Balaban J connectivity index is 3.41. The number of esters is 1. The number of hydrogen-bond donors (Lipinski definition) is 3. The largest absolute Gasteiger partial charge is 0.466 e. The standard InChI is InChI=1S/C54H107NO5/c1-3-5-7-9-11-13-15-17-18-19-20-21-22-24-28-32-36-40-44-48-54(59)60-49-45-41-37-33-29-25-27-31-35-39-43-47-53(58)55-51(50-56)52(57)46-42-38-34-30-26-23-16-14-12-10-8-6-4-2/h51-52,56-57H,3-50H2,1-2H3,(H,55,58). The van der Waals surface area contributed by atoms with Gasteiger partial charge in [-0.2, -0.15) is 0 Å². The van der Waals surface area contributed by atoms with E-state index in [0.717, 1.165) is 57.8 Å². The van der Waals surface area contributed by atoms with Crippen LogP contribution >= 0.6 is 0 Å². The summed E-state index contributed by atoms with van der Waals surface area (Å²) in [4.78, 5) is 24.5. The zero-order valence-corrected chi connectivity index (χ0v) is 40.7. The van der Waals surface area contributed by atoms with E-state index in [2.05, 4.69) is 19.2 Å². The van der Waals surface area contributed by atoms with E-state index in [1.807, 2.05) is 0 Å². The van der Waals surface area contributed by atoms with Crippen LogP contribution in [0, 0.1) is 0 Å². The molecule has 0 bridgehead atoms. The van der Waals surface area contributed by atoms with Gasteiger partial charge in [-0.25, -0.2) is 0 Å². The molecule has 0 saturated carbocycles. The molecule has 358 valence electrons. The molecule has 6 nitrogen and oxygen atoms in total. The highest BCUT2D eigenvalue weighted by Gasteiger charge is 2.20. The van der Waals surface area contributed by atoms with Crippen LogP contribution in [0.15, 0.2) is 0 Å². The minimum atomic E-state index is -0.674. The number of carbonyl (C=O) groups is 2. The Morgan fingerprint density at radius 1 is 0.400 bits per heavy atom. The normalized spacial score (nSPS) is 12.5.